The fourth-order valence-corrected chi connectivity index (χ4v) is 3.52. The summed E-state index contributed by atoms with van der Waals surface area (Å²) in [7, 11) is 0. The second-order valence-corrected chi connectivity index (χ2v) is 5.87. The van der Waals surface area contributed by atoms with E-state index in [2.05, 4.69) is 4.98 Å². The Morgan fingerprint density at radius 1 is 1.28 bits per heavy atom. The molecule has 1 aromatic heterocycles. The van der Waals surface area contributed by atoms with Crippen LogP contribution in [0, 0.1) is 0 Å². The minimum absolute atomic E-state index is 0.169. The number of thioether (sulfide) groups is 1. The van der Waals surface area contributed by atoms with Gasteiger partial charge in [0.2, 0.25) is 0 Å². The van der Waals surface area contributed by atoms with Gasteiger partial charge in [-0.15, -0.1) is 23.1 Å². The molecule has 0 amide bonds. The lowest BCUT2D eigenvalue weighted by Crippen LogP contribution is -2.06. The topological polar surface area (TPSA) is 12.9 Å². The molecule has 0 aliphatic rings. The van der Waals surface area contributed by atoms with Crippen LogP contribution in [0.2, 0.25) is 5.02 Å². The van der Waals surface area contributed by atoms with Gasteiger partial charge in [0, 0.05) is 10.8 Å². The van der Waals surface area contributed by atoms with Crippen molar-refractivity contribution in [3.8, 4) is 0 Å². The highest BCUT2D eigenvalue weighted by Gasteiger charge is 2.36. The number of hydrogen-bond donors (Lipinski definition) is 0. The molecule has 0 atom stereocenters. The Labute approximate surface area is 115 Å². The fraction of sp³-hybridized carbons (Fsp3) is 0.182. The number of aromatic nitrogens is 1. The van der Waals surface area contributed by atoms with Crippen LogP contribution < -0.4 is 0 Å². The van der Waals surface area contributed by atoms with E-state index in [1.807, 2.05) is 0 Å². The molecule has 7 heteroatoms. The summed E-state index contributed by atoms with van der Waals surface area (Å²) in [4.78, 5) is 3.36. The Hall–Kier alpha value is -0.720. The van der Waals surface area contributed by atoms with Gasteiger partial charge in [0.1, 0.15) is 0 Å². The van der Waals surface area contributed by atoms with Crippen molar-refractivity contribution < 1.29 is 13.2 Å². The summed E-state index contributed by atoms with van der Waals surface area (Å²) in [6.45, 7) is 0. The number of halogens is 4. The third-order valence-electron chi connectivity index (χ3n) is 2.12. The van der Waals surface area contributed by atoms with Gasteiger partial charge in [0.15, 0.2) is 5.69 Å². The van der Waals surface area contributed by atoms with Crippen molar-refractivity contribution in [3.63, 3.8) is 0 Å². The van der Waals surface area contributed by atoms with Crippen LogP contribution in [-0.4, -0.2) is 4.98 Å². The summed E-state index contributed by atoms with van der Waals surface area (Å²) in [5.74, 6) is 0.394. The zero-order valence-electron chi connectivity index (χ0n) is 8.87. The minimum atomic E-state index is -4.40. The van der Waals surface area contributed by atoms with Crippen molar-refractivity contribution in [2.75, 3.05) is 0 Å². The quantitative estimate of drug-likeness (QED) is 0.731. The molecule has 2 aromatic rings. The van der Waals surface area contributed by atoms with Crippen LogP contribution in [0.1, 0.15) is 11.3 Å². The first-order valence-corrected chi connectivity index (χ1v) is 7.09. The lowest BCUT2D eigenvalue weighted by atomic mass is 10.2. The first kappa shape index (κ1) is 13.7. The Morgan fingerprint density at radius 3 is 2.67 bits per heavy atom. The smallest absolute Gasteiger partial charge is 0.239 e. The van der Waals surface area contributed by atoms with Gasteiger partial charge in [-0.25, -0.2) is 4.98 Å². The molecule has 0 spiro atoms. The number of hydrogen-bond acceptors (Lipinski definition) is 3. The molecular formula is C11H7ClF3NS2. The average molecular weight is 310 g/mol. The van der Waals surface area contributed by atoms with Gasteiger partial charge in [-0.05, 0) is 11.6 Å². The van der Waals surface area contributed by atoms with E-state index in [-0.39, 0.29) is 4.21 Å². The number of rotatable bonds is 3. The van der Waals surface area contributed by atoms with Gasteiger partial charge in [0.25, 0.3) is 0 Å². The van der Waals surface area contributed by atoms with Crippen molar-refractivity contribution in [2.24, 2.45) is 0 Å². The number of benzene rings is 1. The lowest BCUT2D eigenvalue weighted by Gasteiger charge is -2.06. The summed E-state index contributed by atoms with van der Waals surface area (Å²) >= 11 is 8.04. The van der Waals surface area contributed by atoms with E-state index in [4.69, 9.17) is 11.6 Å². The summed E-state index contributed by atoms with van der Waals surface area (Å²) < 4.78 is 37.9. The number of thiazole rings is 1. The molecule has 0 aliphatic carbocycles. The highest BCUT2D eigenvalue weighted by atomic mass is 35.5. The molecule has 0 radical (unpaired) electrons. The van der Waals surface area contributed by atoms with Crippen LogP contribution in [0.4, 0.5) is 13.2 Å². The molecule has 1 aromatic carbocycles. The second kappa shape index (κ2) is 5.50. The molecule has 0 N–H and O–H groups in total. The average Bonchev–Trinajstić information content (AvgIpc) is 2.76. The highest BCUT2D eigenvalue weighted by Crippen LogP contribution is 2.39. The van der Waals surface area contributed by atoms with E-state index in [9.17, 15) is 13.2 Å². The summed E-state index contributed by atoms with van der Waals surface area (Å²) in [5, 5.41) is 0.558. The van der Waals surface area contributed by atoms with Gasteiger partial charge < -0.3 is 0 Å². The molecule has 0 bridgehead atoms. The molecule has 96 valence electrons. The van der Waals surface area contributed by atoms with Crippen molar-refractivity contribution >= 4 is 34.7 Å². The third kappa shape index (κ3) is 3.18. The largest absolute Gasteiger partial charge is 0.435 e. The third-order valence-corrected chi connectivity index (χ3v) is 4.66. The van der Waals surface area contributed by atoms with E-state index in [0.717, 1.165) is 28.7 Å². The first-order chi connectivity index (χ1) is 8.48. The lowest BCUT2D eigenvalue weighted by molar-refractivity contribution is -0.142. The van der Waals surface area contributed by atoms with Crippen LogP contribution in [0.5, 0.6) is 0 Å². The fourth-order valence-electron chi connectivity index (χ4n) is 1.29. The normalized spacial score (nSPS) is 11.8. The van der Waals surface area contributed by atoms with E-state index in [1.54, 1.807) is 24.3 Å². The molecule has 0 fully saturated rings. The molecule has 0 aliphatic heterocycles. The van der Waals surface area contributed by atoms with E-state index < -0.39 is 11.9 Å². The van der Waals surface area contributed by atoms with Gasteiger partial charge in [0.05, 0.1) is 9.72 Å². The first-order valence-electron chi connectivity index (χ1n) is 4.85. The Kier molecular flexibility index (Phi) is 4.19. The summed E-state index contributed by atoms with van der Waals surface area (Å²) in [5.41, 5.74) is 1.20. The van der Waals surface area contributed by atoms with Crippen molar-refractivity contribution in [1.82, 2.24) is 4.98 Å². The standard InChI is InChI=1S/C11H7ClF3NS2/c12-8-4-2-1-3-7(8)5-17-10-9(11(13,14)15)16-6-18-10/h1-4,6H,5H2. The molecule has 2 rings (SSSR count). The van der Waals surface area contributed by atoms with Crippen molar-refractivity contribution in [1.29, 1.82) is 0 Å². The molecule has 18 heavy (non-hydrogen) atoms. The number of alkyl halides is 3. The van der Waals surface area contributed by atoms with Crippen molar-refractivity contribution in [2.45, 2.75) is 16.1 Å². The maximum absolute atomic E-state index is 12.6. The molecule has 0 saturated heterocycles. The Morgan fingerprint density at radius 2 is 2.00 bits per heavy atom. The van der Waals surface area contributed by atoms with Crippen molar-refractivity contribution in [3.05, 3.63) is 46.1 Å². The zero-order valence-corrected chi connectivity index (χ0v) is 11.3. The minimum Gasteiger partial charge on any atom is -0.239 e. The van der Waals surface area contributed by atoms with Gasteiger partial charge in [-0.2, -0.15) is 13.2 Å². The van der Waals surface area contributed by atoms with Crippen LogP contribution in [0.3, 0.4) is 0 Å². The summed E-state index contributed by atoms with van der Waals surface area (Å²) in [6.07, 6.45) is -4.40. The summed E-state index contributed by atoms with van der Waals surface area (Å²) in [6, 6.07) is 7.10. The Balaban J connectivity index is 2.12. The highest BCUT2D eigenvalue weighted by molar-refractivity contribution is 8.00. The van der Waals surface area contributed by atoms with E-state index in [1.165, 1.54) is 5.51 Å². The van der Waals surface area contributed by atoms with Crippen LogP contribution in [-0.2, 0) is 11.9 Å². The molecule has 0 saturated carbocycles. The maximum atomic E-state index is 12.6. The van der Waals surface area contributed by atoms with Gasteiger partial charge in [-0.1, -0.05) is 29.8 Å². The maximum Gasteiger partial charge on any atom is 0.435 e. The van der Waals surface area contributed by atoms with Gasteiger partial charge >= 0.3 is 6.18 Å². The molecular weight excluding hydrogens is 303 g/mol. The molecule has 1 nitrogen and oxygen atoms in total. The Bertz CT molecular complexity index is 539. The monoisotopic (exact) mass is 309 g/mol. The van der Waals surface area contributed by atoms with Crippen LogP contribution in [0.25, 0.3) is 0 Å². The molecule has 0 unspecified atom stereocenters. The van der Waals surface area contributed by atoms with E-state index in [0.29, 0.717) is 10.8 Å². The van der Waals surface area contributed by atoms with E-state index >= 15 is 0 Å². The van der Waals surface area contributed by atoms with Gasteiger partial charge in [-0.3, -0.25) is 0 Å². The second-order valence-electron chi connectivity index (χ2n) is 3.37. The zero-order chi connectivity index (χ0) is 13.2. The SMILES string of the molecule is FC(F)(F)c1ncsc1SCc1ccccc1Cl. The van der Waals surface area contributed by atoms with Crippen LogP contribution >= 0.6 is 34.7 Å². The predicted molar refractivity (Wildman–Crippen MR) is 68.1 cm³/mol. The number of nitrogens with zero attached hydrogens (tertiary/aromatic N) is 1. The predicted octanol–water partition coefficient (Wildman–Crippen LogP) is 5.11. The molecule has 1 heterocycles. The van der Waals surface area contributed by atoms with Crippen LogP contribution in [0.15, 0.2) is 34.0 Å².